The summed E-state index contributed by atoms with van der Waals surface area (Å²) in [7, 11) is 0. The van der Waals surface area contributed by atoms with Gasteiger partial charge in [-0.3, -0.25) is 14.5 Å². The Kier molecular flexibility index (Phi) is 11.1. The number of thiophene rings is 1. The summed E-state index contributed by atoms with van der Waals surface area (Å²) < 4.78 is 12.7. The van der Waals surface area contributed by atoms with Crippen LogP contribution < -0.4 is 10.1 Å². The molecule has 0 spiro atoms. The number of β-amino-alcohol motifs (C(OH)–C–C–N with tert-alkyl or cyclic N) is 1. The zero-order valence-corrected chi connectivity index (χ0v) is 33.8. The molecule has 2 aliphatic heterocycles. The highest BCUT2D eigenvalue weighted by atomic mass is 32.1. The smallest absolute Gasteiger partial charge is 0.254 e. The molecule has 3 N–H and O–H groups in total. The highest BCUT2D eigenvalue weighted by molar-refractivity contribution is 7.19. The number of aliphatic hydroxyl groups is 1. The lowest BCUT2D eigenvalue weighted by atomic mass is 9.91. The molecule has 0 aliphatic carbocycles. The minimum atomic E-state index is -0.823. The number of phenolic OH excluding ortho intramolecular Hbond substituents is 1. The Hall–Kier alpha value is -5.22. The number of benzene rings is 2. The topological polar surface area (TPSA) is 167 Å². The monoisotopic (exact) mass is 807 g/mol. The maximum absolute atomic E-state index is 14.1. The van der Waals surface area contributed by atoms with Crippen molar-refractivity contribution in [2.24, 2.45) is 5.92 Å². The van der Waals surface area contributed by atoms with Crippen LogP contribution in [0.2, 0.25) is 0 Å². The van der Waals surface area contributed by atoms with Crippen LogP contribution in [0.15, 0.2) is 76.8 Å². The number of hydrogen-bond donors (Lipinski definition) is 3. The maximum Gasteiger partial charge on any atom is 0.254 e. The number of nitrogens with zero attached hydrogens (tertiary/aromatic N) is 6. The molecule has 4 aromatic heterocycles. The van der Waals surface area contributed by atoms with Crippen molar-refractivity contribution in [2.75, 3.05) is 32.8 Å². The molecule has 2 amide bonds. The normalized spacial score (nSPS) is 18.5. The average molecular weight is 808 g/mol. The fourth-order valence-corrected chi connectivity index (χ4v) is 9.62. The number of rotatable bonds is 13. The number of hydrogen-bond acceptors (Lipinski definition) is 13. The van der Waals surface area contributed by atoms with E-state index in [1.165, 1.54) is 9.78 Å². The number of likely N-dealkylation sites (tertiary alicyclic amines) is 2. The van der Waals surface area contributed by atoms with E-state index in [9.17, 15) is 19.8 Å². The first-order valence-corrected chi connectivity index (χ1v) is 20.9. The first-order chi connectivity index (χ1) is 27.5. The van der Waals surface area contributed by atoms with E-state index in [1.807, 2.05) is 75.7 Å². The molecule has 6 aromatic rings. The first kappa shape index (κ1) is 38.6. The van der Waals surface area contributed by atoms with E-state index in [0.29, 0.717) is 42.0 Å². The zero-order chi connectivity index (χ0) is 39.8. The van der Waals surface area contributed by atoms with E-state index in [4.69, 9.17) is 9.26 Å². The minimum Gasteiger partial charge on any atom is -0.507 e. The van der Waals surface area contributed by atoms with E-state index in [1.54, 1.807) is 40.9 Å². The summed E-state index contributed by atoms with van der Waals surface area (Å²) in [6.45, 7) is 10.7. The van der Waals surface area contributed by atoms with Crippen LogP contribution in [0.3, 0.4) is 0 Å². The third-order valence-electron chi connectivity index (χ3n) is 10.9. The molecule has 2 aromatic carbocycles. The van der Waals surface area contributed by atoms with Gasteiger partial charge < -0.3 is 29.7 Å². The molecule has 0 bridgehead atoms. The highest BCUT2D eigenvalue weighted by Crippen LogP contribution is 2.38. The molecule has 13 nitrogen and oxygen atoms in total. The largest absolute Gasteiger partial charge is 0.507 e. The molecule has 6 heterocycles. The first-order valence-electron chi connectivity index (χ1n) is 19.2. The Labute approximate surface area is 338 Å². The fourth-order valence-electron chi connectivity index (χ4n) is 7.69. The zero-order valence-electron chi connectivity index (χ0n) is 32.2. The van der Waals surface area contributed by atoms with Crippen molar-refractivity contribution in [3.63, 3.8) is 0 Å². The predicted molar refractivity (Wildman–Crippen MR) is 218 cm³/mol. The van der Waals surface area contributed by atoms with Gasteiger partial charge in [0.25, 0.3) is 5.88 Å². The molecule has 57 heavy (non-hydrogen) atoms. The SMILES string of the molecule is Cc1ncsc1-c1ccc([C@H](C)NC(=O)[C@@H]2C[C@@H](O)CN2C(=O)C(c2cc(OCCN3CC(c4cc5nnc(-c6ccccc6O)cc5s4)C3)no2)C(C)C)cc1. The number of phenols is 1. The Morgan fingerprint density at radius 3 is 2.56 bits per heavy atom. The number of thiazole rings is 1. The van der Waals surface area contributed by atoms with Gasteiger partial charge in [0.2, 0.25) is 11.8 Å². The third kappa shape index (κ3) is 8.15. The van der Waals surface area contributed by atoms with Gasteiger partial charge in [-0.25, -0.2) is 4.98 Å². The summed E-state index contributed by atoms with van der Waals surface area (Å²) >= 11 is 3.30. The number of nitrogens with one attached hydrogen (secondary N) is 1. The average Bonchev–Trinajstić information content (AvgIpc) is 3.99. The molecule has 0 saturated carbocycles. The molecule has 2 fully saturated rings. The molecule has 2 aliphatic rings. The van der Waals surface area contributed by atoms with E-state index in [0.717, 1.165) is 45.0 Å². The van der Waals surface area contributed by atoms with E-state index >= 15 is 0 Å². The third-order valence-corrected chi connectivity index (χ3v) is 13.1. The Balaban J connectivity index is 0.838. The molecular weight excluding hydrogens is 763 g/mol. The number of aryl methyl sites for hydroxylation is 1. The van der Waals surface area contributed by atoms with E-state index < -0.39 is 18.1 Å². The van der Waals surface area contributed by atoms with Crippen LogP contribution in [0.25, 0.3) is 31.9 Å². The van der Waals surface area contributed by atoms with Gasteiger partial charge in [0, 0.05) is 55.0 Å². The standard InChI is InChI=1S/C42H45N7O6S2/c1-23(2)39(42(53)49-21-29(50)15-33(49)41(52)44-24(3)26-9-11-27(12-10-26)40-25(4)43-22-56-40)35-18-38(47-55-35)54-14-13-48-19-28(20-48)36-17-32-37(57-36)16-31(45-46-32)30-7-5-6-8-34(30)51/h5-12,16-18,22-24,28-29,33,39,50-51H,13-15,19-21H2,1-4H3,(H,44,52)/t24-,29+,33-,39?/m0/s1. The number of carbonyl (C=O) groups is 2. The van der Waals surface area contributed by atoms with Gasteiger partial charge in [0.05, 0.1) is 38.6 Å². The van der Waals surface area contributed by atoms with Crippen molar-refractivity contribution >= 4 is 44.7 Å². The van der Waals surface area contributed by atoms with Crippen molar-refractivity contribution in [3.05, 3.63) is 94.1 Å². The molecule has 2 saturated heterocycles. The summed E-state index contributed by atoms with van der Waals surface area (Å²) in [5.41, 5.74) is 6.97. The number of aromatic hydroxyl groups is 1. The second-order valence-corrected chi connectivity index (χ2v) is 17.2. The van der Waals surface area contributed by atoms with Crippen LogP contribution in [0.4, 0.5) is 0 Å². The van der Waals surface area contributed by atoms with Crippen molar-refractivity contribution in [2.45, 2.75) is 64.1 Å². The number of fused-ring (bicyclic) bond motifs is 1. The second kappa shape index (κ2) is 16.3. The van der Waals surface area contributed by atoms with Crippen molar-refractivity contribution in [3.8, 4) is 33.3 Å². The summed E-state index contributed by atoms with van der Waals surface area (Å²) in [5.74, 6) is -0.275. The predicted octanol–water partition coefficient (Wildman–Crippen LogP) is 6.54. The van der Waals surface area contributed by atoms with Gasteiger partial charge in [-0.1, -0.05) is 50.2 Å². The summed E-state index contributed by atoms with van der Waals surface area (Å²) in [5, 5.41) is 36.8. The van der Waals surface area contributed by atoms with Crippen LogP contribution in [-0.4, -0.2) is 97.1 Å². The van der Waals surface area contributed by atoms with Gasteiger partial charge in [-0.05, 0) is 60.3 Å². The van der Waals surface area contributed by atoms with Gasteiger partial charge >= 0.3 is 0 Å². The van der Waals surface area contributed by atoms with Gasteiger partial charge in [0.15, 0.2) is 5.76 Å². The molecule has 296 valence electrons. The summed E-state index contributed by atoms with van der Waals surface area (Å²) in [4.78, 5) is 38.2. The lowest BCUT2D eigenvalue weighted by molar-refractivity contribution is -0.141. The number of aliphatic hydroxyl groups excluding tert-OH is 1. The molecule has 1 unspecified atom stereocenters. The number of para-hydroxylation sites is 1. The lowest BCUT2D eigenvalue weighted by Crippen LogP contribution is -2.48. The quantitative estimate of drug-likeness (QED) is 0.116. The molecule has 4 atom stereocenters. The van der Waals surface area contributed by atoms with E-state index in [-0.39, 0.29) is 42.5 Å². The summed E-state index contributed by atoms with van der Waals surface area (Å²) in [6.07, 6.45) is -0.668. The van der Waals surface area contributed by atoms with Crippen LogP contribution in [-0.2, 0) is 9.59 Å². The van der Waals surface area contributed by atoms with Gasteiger partial charge in [-0.15, -0.1) is 32.9 Å². The Bertz CT molecular complexity index is 2370. The van der Waals surface area contributed by atoms with Gasteiger partial charge in [0.1, 0.15) is 29.8 Å². The van der Waals surface area contributed by atoms with Crippen LogP contribution in [0.1, 0.15) is 67.0 Å². The minimum absolute atomic E-state index is 0.0555. The van der Waals surface area contributed by atoms with Crippen LogP contribution in [0.5, 0.6) is 11.6 Å². The molecular formula is C42H45N7O6S2. The van der Waals surface area contributed by atoms with Crippen LogP contribution in [0, 0.1) is 12.8 Å². The van der Waals surface area contributed by atoms with Crippen molar-refractivity contribution < 1.29 is 29.1 Å². The molecule has 15 heteroatoms. The summed E-state index contributed by atoms with van der Waals surface area (Å²) in [6, 6.07) is 19.8. The second-order valence-electron chi connectivity index (χ2n) is 15.3. The number of aromatic nitrogens is 4. The maximum atomic E-state index is 14.1. The fraction of sp³-hybridized carbons (Fsp3) is 0.381. The lowest BCUT2D eigenvalue weighted by Gasteiger charge is -2.38. The van der Waals surface area contributed by atoms with Crippen molar-refractivity contribution in [1.29, 1.82) is 0 Å². The van der Waals surface area contributed by atoms with Crippen LogP contribution >= 0.6 is 22.7 Å². The van der Waals surface area contributed by atoms with E-state index in [2.05, 4.69) is 36.6 Å². The number of amides is 2. The number of carbonyl (C=O) groups excluding carboxylic acids is 2. The van der Waals surface area contributed by atoms with Crippen molar-refractivity contribution in [1.82, 2.24) is 35.5 Å². The Morgan fingerprint density at radius 1 is 1.04 bits per heavy atom. The molecule has 8 rings (SSSR count). The van der Waals surface area contributed by atoms with Gasteiger partial charge in [-0.2, -0.15) is 0 Å². The highest BCUT2D eigenvalue weighted by Gasteiger charge is 2.43. The number of ether oxygens (including phenoxy) is 1. The Morgan fingerprint density at radius 2 is 1.82 bits per heavy atom. The molecule has 0 radical (unpaired) electrons.